The van der Waals surface area contributed by atoms with Gasteiger partial charge < -0.3 is 15.5 Å². The minimum Gasteiger partial charge on any atom is -0.394 e. The minimum absolute atomic E-state index is 0.229. The van der Waals surface area contributed by atoms with E-state index in [1.807, 2.05) is 30.3 Å². The van der Waals surface area contributed by atoms with E-state index in [1.54, 1.807) is 0 Å². The number of aliphatic hydroxyl groups is 2. The van der Waals surface area contributed by atoms with Crippen LogP contribution in [0.2, 0.25) is 0 Å². The zero-order valence-corrected chi connectivity index (χ0v) is 10.8. The molecule has 0 spiro atoms. The first kappa shape index (κ1) is 12.4. The SMILES string of the molecule is OCC(O)CNc1ccc2cc(Br)ccc2c1. The van der Waals surface area contributed by atoms with Crippen molar-refractivity contribution in [2.75, 3.05) is 18.5 Å². The predicted molar refractivity (Wildman–Crippen MR) is 73.2 cm³/mol. The van der Waals surface area contributed by atoms with E-state index in [0.717, 1.165) is 20.9 Å². The Morgan fingerprint density at radius 1 is 1.12 bits per heavy atom. The van der Waals surface area contributed by atoms with Crippen molar-refractivity contribution >= 4 is 32.4 Å². The molecule has 0 aliphatic carbocycles. The number of nitrogens with one attached hydrogen (secondary N) is 1. The quantitative estimate of drug-likeness (QED) is 0.812. The van der Waals surface area contributed by atoms with E-state index in [4.69, 9.17) is 5.11 Å². The standard InChI is InChI=1S/C13H14BrNO2/c14-11-3-1-10-6-12(4-2-9(10)5-11)15-7-13(17)8-16/h1-6,13,15-17H,7-8H2. The second-order valence-corrected chi connectivity index (χ2v) is 4.84. The van der Waals surface area contributed by atoms with Crippen LogP contribution in [0.3, 0.4) is 0 Å². The van der Waals surface area contributed by atoms with Crippen molar-refractivity contribution in [2.45, 2.75) is 6.10 Å². The third-order valence-electron chi connectivity index (χ3n) is 2.55. The number of halogens is 1. The third kappa shape index (κ3) is 3.19. The fraction of sp³-hybridized carbons (Fsp3) is 0.231. The summed E-state index contributed by atoms with van der Waals surface area (Å²) in [6.07, 6.45) is -0.726. The lowest BCUT2D eigenvalue weighted by molar-refractivity contribution is 0.105. The summed E-state index contributed by atoms with van der Waals surface area (Å²) >= 11 is 3.43. The maximum Gasteiger partial charge on any atom is 0.0942 e. The molecule has 1 atom stereocenters. The van der Waals surface area contributed by atoms with Crippen molar-refractivity contribution in [2.24, 2.45) is 0 Å². The zero-order valence-electron chi connectivity index (χ0n) is 9.23. The van der Waals surface area contributed by atoms with Crippen LogP contribution in [-0.2, 0) is 0 Å². The lowest BCUT2D eigenvalue weighted by Gasteiger charge is -2.11. The van der Waals surface area contributed by atoms with Gasteiger partial charge in [-0.15, -0.1) is 0 Å². The summed E-state index contributed by atoms with van der Waals surface area (Å²) in [4.78, 5) is 0. The number of anilines is 1. The van der Waals surface area contributed by atoms with Gasteiger partial charge in [0, 0.05) is 16.7 Å². The normalized spacial score (nSPS) is 12.6. The van der Waals surface area contributed by atoms with Gasteiger partial charge in [0.15, 0.2) is 0 Å². The van der Waals surface area contributed by atoms with Crippen LogP contribution < -0.4 is 5.32 Å². The van der Waals surface area contributed by atoms with Crippen molar-refractivity contribution in [1.29, 1.82) is 0 Å². The number of hydrogen-bond donors (Lipinski definition) is 3. The van der Waals surface area contributed by atoms with Gasteiger partial charge in [-0.05, 0) is 35.0 Å². The van der Waals surface area contributed by atoms with E-state index < -0.39 is 6.10 Å². The summed E-state index contributed by atoms with van der Waals surface area (Å²) < 4.78 is 1.06. The van der Waals surface area contributed by atoms with Gasteiger partial charge in [0.2, 0.25) is 0 Å². The molecule has 17 heavy (non-hydrogen) atoms. The van der Waals surface area contributed by atoms with Gasteiger partial charge in [-0.25, -0.2) is 0 Å². The highest BCUT2D eigenvalue weighted by Crippen LogP contribution is 2.22. The molecule has 4 heteroatoms. The van der Waals surface area contributed by atoms with Gasteiger partial charge in [-0.2, -0.15) is 0 Å². The Labute approximate surface area is 108 Å². The van der Waals surface area contributed by atoms with Gasteiger partial charge in [0.05, 0.1) is 12.7 Å². The third-order valence-corrected chi connectivity index (χ3v) is 3.05. The number of benzene rings is 2. The van der Waals surface area contributed by atoms with E-state index in [1.165, 1.54) is 0 Å². The summed E-state index contributed by atoms with van der Waals surface area (Å²) in [7, 11) is 0. The Balaban J connectivity index is 2.17. The van der Waals surface area contributed by atoms with Crippen LogP contribution >= 0.6 is 15.9 Å². The van der Waals surface area contributed by atoms with E-state index in [0.29, 0.717) is 6.54 Å². The summed E-state index contributed by atoms with van der Waals surface area (Å²) in [6, 6.07) is 12.1. The molecular formula is C13H14BrNO2. The lowest BCUT2D eigenvalue weighted by Crippen LogP contribution is -2.22. The Morgan fingerprint density at radius 3 is 2.59 bits per heavy atom. The fourth-order valence-corrected chi connectivity index (χ4v) is 2.01. The molecule has 0 fully saturated rings. The molecule has 0 radical (unpaired) electrons. The average Bonchev–Trinajstić information content (AvgIpc) is 2.35. The van der Waals surface area contributed by atoms with Gasteiger partial charge in [-0.1, -0.05) is 28.1 Å². The second kappa shape index (κ2) is 5.49. The van der Waals surface area contributed by atoms with E-state index in [2.05, 4.69) is 27.3 Å². The van der Waals surface area contributed by atoms with Crippen molar-refractivity contribution in [3.63, 3.8) is 0 Å². The van der Waals surface area contributed by atoms with Crippen molar-refractivity contribution in [3.05, 3.63) is 40.9 Å². The van der Waals surface area contributed by atoms with E-state index >= 15 is 0 Å². The topological polar surface area (TPSA) is 52.5 Å². The molecule has 0 saturated carbocycles. The van der Waals surface area contributed by atoms with Gasteiger partial charge in [0.1, 0.15) is 0 Å². The highest BCUT2D eigenvalue weighted by molar-refractivity contribution is 9.10. The molecule has 90 valence electrons. The summed E-state index contributed by atoms with van der Waals surface area (Å²) in [5, 5.41) is 23.3. The van der Waals surface area contributed by atoms with Crippen molar-refractivity contribution in [3.8, 4) is 0 Å². The highest BCUT2D eigenvalue weighted by Gasteiger charge is 2.02. The predicted octanol–water partition coefficient (Wildman–Crippen LogP) is 2.37. The average molecular weight is 296 g/mol. The first-order valence-electron chi connectivity index (χ1n) is 5.41. The molecule has 0 saturated heterocycles. The number of fused-ring (bicyclic) bond motifs is 1. The van der Waals surface area contributed by atoms with Crippen LogP contribution in [0, 0.1) is 0 Å². The molecule has 0 heterocycles. The Bertz CT molecular complexity index is 516. The molecule has 2 aromatic carbocycles. The number of hydrogen-bond acceptors (Lipinski definition) is 3. The first-order valence-corrected chi connectivity index (χ1v) is 6.20. The number of rotatable bonds is 4. The summed E-state index contributed by atoms with van der Waals surface area (Å²) in [6.45, 7) is 0.117. The Morgan fingerprint density at radius 2 is 1.82 bits per heavy atom. The van der Waals surface area contributed by atoms with Gasteiger partial charge in [-0.3, -0.25) is 0 Å². The lowest BCUT2D eigenvalue weighted by atomic mass is 10.1. The molecule has 2 aromatic rings. The maximum atomic E-state index is 9.25. The van der Waals surface area contributed by atoms with Crippen molar-refractivity contribution in [1.82, 2.24) is 0 Å². The molecule has 0 aliphatic rings. The Hall–Kier alpha value is -1.10. The molecule has 1 unspecified atom stereocenters. The van der Waals surface area contributed by atoms with Crippen LogP contribution in [0.1, 0.15) is 0 Å². The zero-order chi connectivity index (χ0) is 12.3. The largest absolute Gasteiger partial charge is 0.394 e. The molecule has 0 amide bonds. The van der Waals surface area contributed by atoms with Crippen LogP contribution in [0.4, 0.5) is 5.69 Å². The smallest absolute Gasteiger partial charge is 0.0942 e. The van der Waals surface area contributed by atoms with Gasteiger partial charge in [0.25, 0.3) is 0 Å². The van der Waals surface area contributed by atoms with E-state index in [-0.39, 0.29) is 6.61 Å². The minimum atomic E-state index is -0.726. The molecule has 3 nitrogen and oxygen atoms in total. The molecule has 3 N–H and O–H groups in total. The maximum absolute atomic E-state index is 9.25. The summed E-state index contributed by atoms with van der Waals surface area (Å²) in [5.41, 5.74) is 0.937. The monoisotopic (exact) mass is 295 g/mol. The Kier molecular flexibility index (Phi) is 3.99. The number of aliphatic hydroxyl groups excluding tert-OH is 2. The molecule has 2 rings (SSSR count). The molecular weight excluding hydrogens is 282 g/mol. The van der Waals surface area contributed by atoms with E-state index in [9.17, 15) is 5.11 Å². The molecule has 0 aromatic heterocycles. The van der Waals surface area contributed by atoms with Crippen LogP contribution in [-0.4, -0.2) is 29.5 Å². The van der Waals surface area contributed by atoms with Crippen LogP contribution in [0.15, 0.2) is 40.9 Å². The van der Waals surface area contributed by atoms with Crippen molar-refractivity contribution < 1.29 is 10.2 Å². The molecule has 0 bridgehead atoms. The molecule has 0 aliphatic heterocycles. The fourth-order valence-electron chi connectivity index (χ4n) is 1.63. The first-order chi connectivity index (χ1) is 8.19. The highest BCUT2D eigenvalue weighted by atomic mass is 79.9. The van der Waals surface area contributed by atoms with Gasteiger partial charge >= 0.3 is 0 Å². The summed E-state index contributed by atoms with van der Waals surface area (Å²) in [5.74, 6) is 0. The van der Waals surface area contributed by atoms with Crippen LogP contribution in [0.5, 0.6) is 0 Å². The second-order valence-electron chi connectivity index (χ2n) is 3.92. The van der Waals surface area contributed by atoms with Crippen LogP contribution in [0.25, 0.3) is 10.8 Å².